The maximum atomic E-state index is 6.89. The molecule has 1 heterocycles. The number of fused-ring (bicyclic) bond motifs is 2. The third-order valence-corrected chi connectivity index (χ3v) is 8.87. The minimum atomic E-state index is -2.82. The summed E-state index contributed by atoms with van der Waals surface area (Å²) in [5, 5.41) is 4.65. The van der Waals surface area contributed by atoms with Gasteiger partial charge in [0.05, 0.1) is 0 Å². The molecule has 0 fully saturated rings. The quantitative estimate of drug-likeness (QED) is 0.186. The van der Waals surface area contributed by atoms with Gasteiger partial charge in [0.15, 0.2) is 0 Å². The first-order chi connectivity index (χ1) is 18.1. The smallest absolute Gasteiger partial charge is 0.147 e. The summed E-state index contributed by atoms with van der Waals surface area (Å²) in [6.45, 7) is 13.5. The van der Waals surface area contributed by atoms with Crippen molar-refractivity contribution in [2.24, 2.45) is 0 Å². The first-order valence-corrected chi connectivity index (χ1v) is 15.3. The third-order valence-electron chi connectivity index (χ3n) is 6.72. The van der Waals surface area contributed by atoms with E-state index < -0.39 is 18.2 Å². The molecular weight excluding hydrogens is 573 g/mol. The molecule has 5 aromatic rings. The molecule has 0 aliphatic rings. The molecule has 1 aromatic heterocycles. The Morgan fingerprint density at radius 3 is 1.43 bits per heavy atom. The number of halogens is 2. The largest absolute Gasteiger partial charge is 0.147 e. The zero-order valence-electron chi connectivity index (χ0n) is 23.9. The van der Waals surface area contributed by atoms with Gasteiger partial charge in [-0.15, -0.1) is 24.8 Å². The molecular formula is C34H37Cl2NO2Ti. The summed E-state index contributed by atoms with van der Waals surface area (Å²) < 4.78 is 15.9. The van der Waals surface area contributed by atoms with Crippen LogP contribution < -0.4 is 6.64 Å². The molecule has 0 atom stereocenters. The van der Waals surface area contributed by atoms with Crippen LogP contribution in [-0.4, -0.2) is 9.30 Å². The van der Waals surface area contributed by atoms with E-state index in [0.717, 1.165) is 28.0 Å². The maximum absolute atomic E-state index is 6.89. The van der Waals surface area contributed by atoms with E-state index >= 15 is 0 Å². The molecule has 40 heavy (non-hydrogen) atoms. The molecule has 3 nitrogen and oxygen atoms in total. The predicted molar refractivity (Wildman–Crippen MR) is 170 cm³/mol. The molecule has 0 amide bonds. The van der Waals surface area contributed by atoms with Crippen LogP contribution in [0, 0.1) is 0 Å². The van der Waals surface area contributed by atoms with Crippen molar-refractivity contribution in [1.82, 2.24) is 4.98 Å². The van der Waals surface area contributed by atoms with Gasteiger partial charge in [-0.3, -0.25) is 0 Å². The summed E-state index contributed by atoms with van der Waals surface area (Å²) in [5.74, 6) is 1.73. The molecule has 0 spiro atoms. The van der Waals surface area contributed by atoms with E-state index in [9.17, 15) is 0 Å². The van der Waals surface area contributed by atoms with E-state index in [0.29, 0.717) is 0 Å². The van der Waals surface area contributed by atoms with Gasteiger partial charge in [0.1, 0.15) is 0 Å². The third kappa shape index (κ3) is 6.96. The minimum absolute atomic E-state index is 0. The van der Waals surface area contributed by atoms with E-state index in [4.69, 9.17) is 6.64 Å². The summed E-state index contributed by atoms with van der Waals surface area (Å²) in [4.78, 5) is 4.57. The summed E-state index contributed by atoms with van der Waals surface area (Å²) in [7, 11) is 0. The fraction of sp³-hybridized carbons (Fsp3) is 0.235. The first-order valence-electron chi connectivity index (χ1n) is 13.1. The average molecular weight is 610 g/mol. The monoisotopic (exact) mass is 609 g/mol. The number of aromatic nitrogens is 1. The Morgan fingerprint density at radius 1 is 0.575 bits per heavy atom. The van der Waals surface area contributed by atoms with Crippen LogP contribution in [0.25, 0.3) is 21.5 Å². The topological polar surface area (TPSA) is 31.4 Å². The summed E-state index contributed by atoms with van der Waals surface area (Å²) in [5.41, 5.74) is 3.35. The molecule has 0 N–H and O–H groups in total. The van der Waals surface area contributed by atoms with Crippen molar-refractivity contribution >= 4 is 50.7 Å². The van der Waals surface area contributed by atoms with Crippen molar-refractivity contribution in [3.63, 3.8) is 0 Å². The Balaban J connectivity index is 0.00000220. The van der Waals surface area contributed by atoms with Gasteiger partial charge in [0, 0.05) is 0 Å². The Bertz CT molecular complexity index is 1530. The number of hydrogen-bond acceptors (Lipinski definition) is 3. The van der Waals surface area contributed by atoms with Gasteiger partial charge >= 0.3 is 234 Å². The summed E-state index contributed by atoms with van der Waals surface area (Å²) in [6.07, 6.45) is 1.81. The number of benzene rings is 4. The van der Waals surface area contributed by atoms with Gasteiger partial charge in [0.2, 0.25) is 0 Å². The van der Waals surface area contributed by atoms with Crippen LogP contribution >= 0.6 is 24.8 Å². The Morgan fingerprint density at radius 2 is 1.02 bits per heavy atom. The van der Waals surface area contributed by atoms with E-state index in [-0.39, 0.29) is 35.6 Å². The Kier molecular flexibility index (Phi) is 10.2. The second-order valence-corrected chi connectivity index (χ2v) is 13.8. The first kappa shape index (κ1) is 31.8. The molecule has 5 rings (SSSR count). The standard InChI is InChI=1S/2C14H16O.C6H5N.2ClH.Ti/c2*1-14(2,3)11-8-4-6-10-7-5-9-12(15)13(10)11;1-6-4-2-3-5-7-6;;;/h2*4-9,15H,1-3H3;1-5H;2*1H;/q;;;;;+2/p-2. The second kappa shape index (κ2) is 12.9. The van der Waals surface area contributed by atoms with Gasteiger partial charge < -0.3 is 0 Å². The van der Waals surface area contributed by atoms with Crippen LogP contribution in [0.5, 0.6) is 11.5 Å². The molecule has 0 bridgehead atoms. The SMILES string of the molecule is CC(C)(C)c1cccc2cccc([O][Ti](=[CH]c3ccccn3)[O]c3cccc4cccc(C(C)(C)C)c34)c12.Cl.Cl. The molecule has 4 aromatic carbocycles. The number of rotatable bonds is 5. The molecule has 208 valence electrons. The maximum Gasteiger partial charge on any atom is -0.147 e. The number of nitrogens with zero attached hydrogens (tertiary/aromatic N) is 1. The van der Waals surface area contributed by atoms with Crippen LogP contribution in [0.15, 0.2) is 97.2 Å². The molecule has 0 radical (unpaired) electrons. The average Bonchev–Trinajstić information content (AvgIpc) is 2.88. The molecule has 6 heteroatoms. The van der Waals surface area contributed by atoms with Crippen molar-refractivity contribution in [3.05, 3.63) is 114 Å². The fourth-order valence-corrected chi connectivity index (χ4v) is 7.01. The Hall–Kier alpha value is -2.69. The van der Waals surface area contributed by atoms with E-state index in [1.54, 1.807) is 0 Å². The number of hydrogen-bond donors (Lipinski definition) is 0. The van der Waals surface area contributed by atoms with Gasteiger partial charge in [-0.1, -0.05) is 0 Å². The van der Waals surface area contributed by atoms with Crippen molar-refractivity contribution in [2.45, 2.75) is 52.4 Å². The normalized spacial score (nSPS) is 11.3. The van der Waals surface area contributed by atoms with Gasteiger partial charge in [0.25, 0.3) is 0 Å². The molecule has 0 aliphatic heterocycles. The van der Waals surface area contributed by atoms with Crippen LogP contribution in [0.2, 0.25) is 0 Å². The van der Waals surface area contributed by atoms with E-state index in [1.165, 1.54) is 21.9 Å². The molecule has 0 saturated carbocycles. The van der Waals surface area contributed by atoms with Crippen LogP contribution in [0.1, 0.15) is 58.4 Å². The van der Waals surface area contributed by atoms with Crippen molar-refractivity contribution < 1.29 is 24.8 Å². The zero-order valence-corrected chi connectivity index (χ0v) is 27.1. The Labute approximate surface area is 257 Å². The second-order valence-electron chi connectivity index (χ2n) is 11.7. The fourth-order valence-electron chi connectivity index (χ4n) is 4.91. The molecule has 0 saturated heterocycles. The minimum Gasteiger partial charge on any atom is -0.147 e. The van der Waals surface area contributed by atoms with Crippen molar-refractivity contribution in [3.8, 4) is 11.5 Å². The van der Waals surface area contributed by atoms with Crippen LogP contribution in [0.4, 0.5) is 0 Å². The van der Waals surface area contributed by atoms with E-state index in [2.05, 4.69) is 124 Å². The van der Waals surface area contributed by atoms with Gasteiger partial charge in [-0.25, -0.2) is 0 Å². The number of pyridine rings is 1. The summed E-state index contributed by atoms with van der Waals surface area (Å²) >= 11 is -2.82. The van der Waals surface area contributed by atoms with Crippen molar-refractivity contribution in [1.29, 1.82) is 0 Å². The summed E-state index contributed by atoms with van der Waals surface area (Å²) in [6, 6.07) is 31.5. The predicted octanol–water partition coefficient (Wildman–Crippen LogP) is 9.58. The molecule has 0 unspecified atom stereocenters. The van der Waals surface area contributed by atoms with E-state index in [1.807, 2.05) is 24.4 Å². The van der Waals surface area contributed by atoms with Gasteiger partial charge in [-0.05, 0) is 0 Å². The van der Waals surface area contributed by atoms with Gasteiger partial charge in [-0.2, -0.15) is 0 Å². The van der Waals surface area contributed by atoms with Crippen molar-refractivity contribution in [2.75, 3.05) is 0 Å². The molecule has 0 aliphatic carbocycles. The zero-order chi connectivity index (χ0) is 26.9. The van der Waals surface area contributed by atoms with Crippen LogP contribution in [-0.2, 0) is 29.0 Å². The van der Waals surface area contributed by atoms with Crippen LogP contribution in [0.3, 0.4) is 0 Å².